The van der Waals surface area contributed by atoms with Gasteiger partial charge in [-0.2, -0.15) is 0 Å². The van der Waals surface area contributed by atoms with Crippen molar-refractivity contribution in [3.8, 4) is 22.6 Å². The molecule has 0 aliphatic carbocycles. The molecule has 0 spiro atoms. The molecule has 1 aliphatic rings. The van der Waals surface area contributed by atoms with Crippen molar-refractivity contribution >= 4 is 39.9 Å². The van der Waals surface area contributed by atoms with Gasteiger partial charge in [0.05, 0.1) is 35.3 Å². The van der Waals surface area contributed by atoms with Gasteiger partial charge >= 0.3 is 0 Å². The predicted octanol–water partition coefficient (Wildman–Crippen LogP) is 4.46. The van der Waals surface area contributed by atoms with E-state index >= 15 is 0 Å². The number of rotatable bonds is 9. The minimum Gasteiger partial charge on any atom is -0.495 e. The molecule has 0 atom stereocenters. The van der Waals surface area contributed by atoms with Crippen LogP contribution in [0.5, 0.6) is 11.5 Å². The fraction of sp³-hybridized carbons (Fsp3) is 0.462. The number of nitrogens with zero attached hydrogens (tertiary/aromatic N) is 4. The number of ether oxygens (including phenoxy) is 2. The summed E-state index contributed by atoms with van der Waals surface area (Å²) < 4.78 is 12.5. The van der Waals surface area contributed by atoms with Gasteiger partial charge in [0.25, 0.3) is 5.56 Å². The molecule has 0 saturated carbocycles. The van der Waals surface area contributed by atoms with Crippen molar-refractivity contribution in [1.82, 2.24) is 19.4 Å². The highest BCUT2D eigenvalue weighted by Gasteiger charge is 2.22. The highest BCUT2D eigenvalue weighted by molar-refractivity contribution is 6.41. The van der Waals surface area contributed by atoms with E-state index in [1.165, 1.54) is 14.2 Å². The minimum atomic E-state index is -0.198. The average Bonchev–Trinajstić information content (AvgIpc) is 2.88. The van der Waals surface area contributed by atoms with Crippen LogP contribution in [-0.2, 0) is 6.54 Å². The Kier molecular flexibility index (Phi) is 8.62. The van der Waals surface area contributed by atoms with Gasteiger partial charge in [-0.3, -0.25) is 4.79 Å². The van der Waals surface area contributed by atoms with Gasteiger partial charge in [0.15, 0.2) is 0 Å². The molecule has 0 bridgehead atoms. The van der Waals surface area contributed by atoms with Crippen molar-refractivity contribution in [1.29, 1.82) is 0 Å². The van der Waals surface area contributed by atoms with Crippen molar-refractivity contribution in [2.24, 2.45) is 0 Å². The van der Waals surface area contributed by atoms with Crippen LogP contribution in [-0.4, -0.2) is 79.9 Å². The van der Waals surface area contributed by atoms with E-state index in [-0.39, 0.29) is 15.6 Å². The first-order chi connectivity index (χ1) is 17.4. The fourth-order valence-corrected chi connectivity index (χ4v) is 5.28. The summed E-state index contributed by atoms with van der Waals surface area (Å²) in [5, 5.41) is 4.74. The van der Waals surface area contributed by atoms with Crippen molar-refractivity contribution < 1.29 is 9.47 Å². The topological polar surface area (TPSA) is 71.9 Å². The number of hydrogen-bond donors (Lipinski definition) is 1. The number of anilines is 1. The van der Waals surface area contributed by atoms with Crippen LogP contribution in [0.3, 0.4) is 0 Å². The van der Waals surface area contributed by atoms with Crippen LogP contribution < -0.4 is 20.3 Å². The monoisotopic (exact) mass is 533 g/mol. The van der Waals surface area contributed by atoms with Gasteiger partial charge in [-0.05, 0) is 33.0 Å². The van der Waals surface area contributed by atoms with Crippen molar-refractivity contribution in [3.05, 3.63) is 44.8 Å². The second-order valence-corrected chi connectivity index (χ2v) is 9.70. The largest absolute Gasteiger partial charge is 0.495 e. The molecule has 3 heterocycles. The number of halogens is 2. The molecular weight excluding hydrogens is 501 g/mol. The number of fused-ring (bicyclic) bond motifs is 1. The molecule has 1 aromatic carbocycles. The van der Waals surface area contributed by atoms with Crippen LogP contribution in [0.4, 0.5) is 5.82 Å². The third kappa shape index (κ3) is 5.42. The maximum atomic E-state index is 13.6. The van der Waals surface area contributed by atoms with Crippen molar-refractivity contribution in [3.63, 3.8) is 0 Å². The van der Waals surface area contributed by atoms with E-state index in [0.29, 0.717) is 29.2 Å². The molecule has 0 unspecified atom stereocenters. The zero-order chi connectivity index (χ0) is 25.8. The summed E-state index contributed by atoms with van der Waals surface area (Å²) in [7, 11) is 5.18. The lowest BCUT2D eigenvalue weighted by Crippen LogP contribution is -2.44. The zero-order valence-corrected chi connectivity index (χ0v) is 22.7. The summed E-state index contributed by atoms with van der Waals surface area (Å²) in [6.45, 7) is 8.75. The fourth-order valence-electron chi connectivity index (χ4n) is 4.57. The first-order valence-corrected chi connectivity index (χ1v) is 12.9. The smallest absolute Gasteiger partial charge is 0.259 e. The first kappa shape index (κ1) is 26.5. The standard InChI is InChI=1S/C26H33Cl2N5O3/c1-5-33-19-14-22(29-7-6-8-32-11-9-31(2)10-12-32)30-16-17(19)13-18(26(33)34)23-24(27)20(35-3)15-21(36-4)25(23)28/h13-16H,5-12H2,1-4H3,(H,29,30). The molecule has 4 rings (SSSR count). The number of pyridine rings is 2. The average molecular weight is 534 g/mol. The van der Waals surface area contributed by atoms with E-state index < -0.39 is 0 Å². The molecule has 3 aromatic rings. The molecule has 1 fully saturated rings. The molecule has 8 nitrogen and oxygen atoms in total. The van der Waals surface area contributed by atoms with Crippen LogP contribution in [0.2, 0.25) is 10.0 Å². The quantitative estimate of drug-likeness (QED) is 0.407. The Hall–Kier alpha value is -2.52. The lowest BCUT2D eigenvalue weighted by Gasteiger charge is -2.32. The third-order valence-corrected chi connectivity index (χ3v) is 7.44. The zero-order valence-electron chi connectivity index (χ0n) is 21.2. The second kappa shape index (κ2) is 11.7. The summed E-state index contributed by atoms with van der Waals surface area (Å²) in [5.41, 5.74) is 1.35. The summed E-state index contributed by atoms with van der Waals surface area (Å²) in [6.07, 6.45) is 2.80. The van der Waals surface area contributed by atoms with E-state index in [0.717, 1.165) is 62.4 Å². The molecule has 36 heavy (non-hydrogen) atoms. The van der Waals surface area contributed by atoms with Crippen LogP contribution in [0.1, 0.15) is 13.3 Å². The highest BCUT2D eigenvalue weighted by Crippen LogP contribution is 2.45. The van der Waals surface area contributed by atoms with Crippen molar-refractivity contribution in [2.45, 2.75) is 19.9 Å². The van der Waals surface area contributed by atoms with E-state index in [2.05, 4.69) is 27.1 Å². The Bertz CT molecular complexity index is 1260. The van der Waals surface area contributed by atoms with Crippen LogP contribution in [0.25, 0.3) is 22.0 Å². The van der Waals surface area contributed by atoms with Gasteiger partial charge in [-0.1, -0.05) is 23.2 Å². The van der Waals surface area contributed by atoms with Gasteiger partial charge in [0.2, 0.25) is 0 Å². The second-order valence-electron chi connectivity index (χ2n) is 8.95. The number of aryl methyl sites for hydroxylation is 1. The number of piperazine rings is 1. The highest BCUT2D eigenvalue weighted by atomic mass is 35.5. The number of hydrogen-bond acceptors (Lipinski definition) is 7. The lowest BCUT2D eigenvalue weighted by atomic mass is 10.0. The molecule has 194 valence electrons. The molecule has 1 aliphatic heterocycles. The molecule has 1 N–H and O–H groups in total. The Balaban J connectivity index is 1.61. The molecular formula is C26H33Cl2N5O3. The van der Waals surface area contributed by atoms with E-state index in [9.17, 15) is 4.79 Å². The number of likely N-dealkylation sites (N-methyl/N-ethyl adjacent to an activating group) is 1. The van der Waals surface area contributed by atoms with Crippen LogP contribution in [0, 0.1) is 0 Å². The summed E-state index contributed by atoms with van der Waals surface area (Å²) in [6, 6.07) is 5.31. The summed E-state index contributed by atoms with van der Waals surface area (Å²) >= 11 is 13.2. The normalized spacial score (nSPS) is 14.8. The number of nitrogens with one attached hydrogen (secondary N) is 1. The van der Waals surface area contributed by atoms with E-state index in [4.69, 9.17) is 32.7 Å². The number of aromatic nitrogens is 2. The molecule has 1 saturated heterocycles. The van der Waals surface area contributed by atoms with Crippen molar-refractivity contribution in [2.75, 3.05) is 65.9 Å². The predicted molar refractivity (Wildman–Crippen MR) is 147 cm³/mol. The maximum Gasteiger partial charge on any atom is 0.259 e. The Labute approximate surface area is 221 Å². The van der Waals surface area contributed by atoms with E-state index in [1.807, 2.05) is 13.0 Å². The summed E-state index contributed by atoms with van der Waals surface area (Å²) in [5.74, 6) is 1.50. The van der Waals surface area contributed by atoms with E-state index in [1.54, 1.807) is 22.9 Å². The molecule has 0 radical (unpaired) electrons. The Morgan fingerprint density at radius 1 is 1.03 bits per heavy atom. The van der Waals surface area contributed by atoms with Gasteiger partial charge < -0.3 is 29.2 Å². The Morgan fingerprint density at radius 3 is 2.31 bits per heavy atom. The Morgan fingerprint density at radius 2 is 1.69 bits per heavy atom. The van der Waals surface area contributed by atoms with Crippen LogP contribution >= 0.6 is 23.2 Å². The lowest BCUT2D eigenvalue weighted by molar-refractivity contribution is 0.154. The van der Waals surface area contributed by atoms with Gasteiger partial charge in [0, 0.05) is 68.5 Å². The number of benzene rings is 1. The van der Waals surface area contributed by atoms with Crippen LogP contribution in [0.15, 0.2) is 29.2 Å². The van der Waals surface area contributed by atoms with Gasteiger partial charge in [-0.15, -0.1) is 0 Å². The minimum absolute atomic E-state index is 0.198. The van der Waals surface area contributed by atoms with Gasteiger partial charge in [-0.25, -0.2) is 4.98 Å². The molecule has 2 aromatic heterocycles. The first-order valence-electron chi connectivity index (χ1n) is 12.2. The van der Waals surface area contributed by atoms with Gasteiger partial charge in [0.1, 0.15) is 17.3 Å². The third-order valence-electron chi connectivity index (χ3n) is 6.69. The maximum absolute atomic E-state index is 13.6. The molecule has 0 amide bonds. The molecule has 10 heteroatoms. The number of methoxy groups -OCH3 is 2. The SMILES string of the molecule is CCn1c(=O)c(-c2c(Cl)c(OC)cc(OC)c2Cl)cc2cnc(NCCCN3CCN(C)CC3)cc21. The summed E-state index contributed by atoms with van der Waals surface area (Å²) in [4.78, 5) is 23.0.